The number of piperidine rings is 1. The van der Waals surface area contributed by atoms with E-state index in [1.54, 1.807) is 6.07 Å². The van der Waals surface area contributed by atoms with E-state index in [9.17, 15) is 9.18 Å². The Bertz CT molecular complexity index is 997. The SMILES string of the molecule is CCOC(=O)C1CCN(c2ccc3cccc(-c4cccc(F)c4)c3n2)CC1. The number of fused-ring (bicyclic) bond motifs is 1. The van der Waals surface area contributed by atoms with E-state index in [-0.39, 0.29) is 17.7 Å². The number of aromatic nitrogens is 1. The first kappa shape index (κ1) is 18.4. The number of carbonyl (C=O) groups excluding carboxylic acids is 1. The van der Waals surface area contributed by atoms with Crippen molar-refractivity contribution in [2.45, 2.75) is 19.8 Å². The molecule has 0 bridgehead atoms. The van der Waals surface area contributed by atoms with Gasteiger partial charge in [-0.25, -0.2) is 9.37 Å². The van der Waals surface area contributed by atoms with Crippen LogP contribution in [0.15, 0.2) is 54.6 Å². The predicted octanol–water partition coefficient (Wildman–Crippen LogP) is 4.82. The van der Waals surface area contributed by atoms with Crippen LogP contribution in [0.4, 0.5) is 10.2 Å². The summed E-state index contributed by atoms with van der Waals surface area (Å²) >= 11 is 0. The third-order valence-corrected chi connectivity index (χ3v) is 5.28. The van der Waals surface area contributed by atoms with Crippen molar-refractivity contribution in [2.24, 2.45) is 5.92 Å². The predicted molar refractivity (Wildman–Crippen MR) is 109 cm³/mol. The molecule has 144 valence electrons. The number of ether oxygens (including phenoxy) is 1. The van der Waals surface area contributed by atoms with Crippen LogP contribution in [-0.4, -0.2) is 30.6 Å². The van der Waals surface area contributed by atoms with Crippen molar-refractivity contribution in [1.82, 2.24) is 4.98 Å². The lowest BCUT2D eigenvalue weighted by Crippen LogP contribution is -2.37. The van der Waals surface area contributed by atoms with Crippen molar-refractivity contribution in [3.8, 4) is 11.1 Å². The lowest BCUT2D eigenvalue weighted by atomic mass is 9.97. The van der Waals surface area contributed by atoms with Gasteiger partial charge in [0.05, 0.1) is 18.0 Å². The fourth-order valence-corrected chi connectivity index (χ4v) is 3.81. The molecule has 1 aliphatic heterocycles. The van der Waals surface area contributed by atoms with Crippen LogP contribution in [0, 0.1) is 11.7 Å². The van der Waals surface area contributed by atoms with Crippen LogP contribution in [-0.2, 0) is 9.53 Å². The topological polar surface area (TPSA) is 42.4 Å². The molecule has 1 aromatic heterocycles. The number of carbonyl (C=O) groups is 1. The van der Waals surface area contributed by atoms with E-state index in [1.165, 1.54) is 12.1 Å². The Morgan fingerprint density at radius 3 is 2.68 bits per heavy atom. The highest BCUT2D eigenvalue weighted by atomic mass is 19.1. The Morgan fingerprint density at radius 1 is 1.14 bits per heavy atom. The van der Waals surface area contributed by atoms with E-state index >= 15 is 0 Å². The zero-order chi connectivity index (χ0) is 19.5. The molecule has 0 N–H and O–H groups in total. The van der Waals surface area contributed by atoms with Crippen molar-refractivity contribution in [2.75, 3.05) is 24.6 Å². The van der Waals surface area contributed by atoms with Crippen LogP contribution in [0.3, 0.4) is 0 Å². The number of hydrogen-bond donors (Lipinski definition) is 0. The van der Waals surface area contributed by atoms with Crippen molar-refractivity contribution in [3.05, 3.63) is 60.4 Å². The van der Waals surface area contributed by atoms with Crippen LogP contribution in [0.2, 0.25) is 0 Å². The highest BCUT2D eigenvalue weighted by Crippen LogP contribution is 2.30. The Labute approximate surface area is 164 Å². The highest BCUT2D eigenvalue weighted by molar-refractivity contribution is 5.94. The fourth-order valence-electron chi connectivity index (χ4n) is 3.81. The molecule has 1 fully saturated rings. The van der Waals surface area contributed by atoms with E-state index in [0.717, 1.165) is 53.8 Å². The van der Waals surface area contributed by atoms with Gasteiger partial charge in [0.1, 0.15) is 11.6 Å². The lowest BCUT2D eigenvalue weighted by molar-refractivity contribution is -0.148. The van der Waals surface area contributed by atoms with E-state index in [4.69, 9.17) is 9.72 Å². The minimum absolute atomic E-state index is 0.0282. The number of nitrogens with zero attached hydrogens (tertiary/aromatic N) is 2. The minimum Gasteiger partial charge on any atom is -0.466 e. The van der Waals surface area contributed by atoms with Crippen molar-refractivity contribution < 1.29 is 13.9 Å². The molecule has 0 amide bonds. The average molecular weight is 378 g/mol. The molecule has 1 saturated heterocycles. The van der Waals surface area contributed by atoms with Gasteiger partial charge >= 0.3 is 5.97 Å². The van der Waals surface area contributed by atoms with E-state index in [0.29, 0.717) is 6.61 Å². The summed E-state index contributed by atoms with van der Waals surface area (Å²) in [4.78, 5) is 19.1. The molecule has 4 rings (SSSR count). The van der Waals surface area contributed by atoms with Crippen LogP contribution < -0.4 is 4.90 Å². The molecule has 28 heavy (non-hydrogen) atoms. The lowest BCUT2D eigenvalue weighted by Gasteiger charge is -2.31. The van der Waals surface area contributed by atoms with Crippen LogP contribution in [0.5, 0.6) is 0 Å². The molecule has 1 aliphatic rings. The second-order valence-electron chi connectivity index (χ2n) is 7.07. The van der Waals surface area contributed by atoms with Crippen molar-refractivity contribution in [3.63, 3.8) is 0 Å². The van der Waals surface area contributed by atoms with Gasteiger partial charge in [-0.05, 0) is 49.6 Å². The van der Waals surface area contributed by atoms with Gasteiger partial charge in [0.15, 0.2) is 0 Å². The first-order valence-corrected chi connectivity index (χ1v) is 9.73. The number of benzene rings is 2. The number of rotatable bonds is 4. The smallest absolute Gasteiger partial charge is 0.309 e. The number of pyridine rings is 1. The molecule has 5 heteroatoms. The summed E-state index contributed by atoms with van der Waals surface area (Å²) in [7, 11) is 0. The molecule has 4 nitrogen and oxygen atoms in total. The second kappa shape index (κ2) is 7.97. The van der Waals surface area contributed by atoms with Crippen LogP contribution in [0.25, 0.3) is 22.0 Å². The summed E-state index contributed by atoms with van der Waals surface area (Å²) in [6, 6.07) is 16.6. The van der Waals surface area contributed by atoms with Crippen LogP contribution in [0.1, 0.15) is 19.8 Å². The van der Waals surface area contributed by atoms with Gasteiger partial charge in [-0.2, -0.15) is 0 Å². The van der Waals surface area contributed by atoms with Crippen LogP contribution >= 0.6 is 0 Å². The number of anilines is 1. The Balaban J connectivity index is 1.62. The Kier molecular flexibility index (Phi) is 5.24. The molecule has 0 aliphatic carbocycles. The summed E-state index contributed by atoms with van der Waals surface area (Å²) in [5.74, 6) is 0.506. The normalized spacial score (nSPS) is 15.0. The molecular formula is C23H23FN2O2. The third kappa shape index (κ3) is 3.70. The highest BCUT2D eigenvalue weighted by Gasteiger charge is 2.26. The molecule has 0 spiro atoms. The molecule has 2 heterocycles. The summed E-state index contributed by atoms with van der Waals surface area (Å²) < 4.78 is 18.9. The standard InChI is InChI=1S/C23H23FN2O2/c1-2-28-23(27)17-11-13-26(14-12-17)21-10-9-16-5-4-8-20(22(16)25-21)18-6-3-7-19(24)15-18/h3-10,15,17H,2,11-14H2,1H3. The largest absolute Gasteiger partial charge is 0.466 e. The van der Waals surface area contributed by atoms with E-state index in [1.807, 2.05) is 37.3 Å². The summed E-state index contributed by atoms with van der Waals surface area (Å²) in [6.07, 6.45) is 1.54. The molecule has 0 saturated carbocycles. The zero-order valence-corrected chi connectivity index (χ0v) is 15.9. The quantitative estimate of drug-likeness (QED) is 0.611. The molecule has 0 unspecified atom stereocenters. The van der Waals surface area contributed by atoms with Gasteiger partial charge in [0, 0.05) is 24.0 Å². The van der Waals surface area contributed by atoms with Crippen molar-refractivity contribution >= 4 is 22.7 Å². The Morgan fingerprint density at radius 2 is 1.93 bits per heavy atom. The number of esters is 1. The Hall–Kier alpha value is -2.95. The third-order valence-electron chi connectivity index (χ3n) is 5.28. The molecule has 0 radical (unpaired) electrons. The first-order valence-electron chi connectivity index (χ1n) is 9.73. The van der Waals surface area contributed by atoms with E-state index in [2.05, 4.69) is 11.0 Å². The zero-order valence-electron chi connectivity index (χ0n) is 15.9. The van der Waals surface area contributed by atoms with Gasteiger partial charge in [-0.1, -0.05) is 30.3 Å². The van der Waals surface area contributed by atoms with E-state index < -0.39 is 0 Å². The maximum atomic E-state index is 13.7. The number of hydrogen-bond acceptors (Lipinski definition) is 4. The fraction of sp³-hybridized carbons (Fsp3) is 0.304. The maximum absolute atomic E-state index is 13.7. The summed E-state index contributed by atoms with van der Waals surface area (Å²) in [6.45, 7) is 3.80. The number of para-hydroxylation sites is 1. The molecular weight excluding hydrogens is 355 g/mol. The molecule has 3 aromatic rings. The number of halogens is 1. The van der Waals surface area contributed by atoms with Gasteiger partial charge in [0.2, 0.25) is 0 Å². The van der Waals surface area contributed by atoms with Gasteiger partial charge in [0.25, 0.3) is 0 Å². The molecule has 2 aromatic carbocycles. The maximum Gasteiger partial charge on any atom is 0.309 e. The van der Waals surface area contributed by atoms with Gasteiger partial charge in [-0.3, -0.25) is 4.79 Å². The first-order chi connectivity index (χ1) is 13.7. The van der Waals surface area contributed by atoms with Gasteiger partial charge < -0.3 is 9.64 Å². The molecule has 0 atom stereocenters. The average Bonchev–Trinajstić information content (AvgIpc) is 2.73. The van der Waals surface area contributed by atoms with Gasteiger partial charge in [-0.15, -0.1) is 0 Å². The monoisotopic (exact) mass is 378 g/mol. The second-order valence-corrected chi connectivity index (χ2v) is 7.07. The summed E-state index contributed by atoms with van der Waals surface area (Å²) in [5, 5.41) is 1.02. The summed E-state index contributed by atoms with van der Waals surface area (Å²) in [5.41, 5.74) is 2.59. The minimum atomic E-state index is -0.258. The van der Waals surface area contributed by atoms with Crippen molar-refractivity contribution in [1.29, 1.82) is 0 Å².